The molecule has 1 saturated carbocycles. The average Bonchev–Trinajstić information content (AvgIpc) is 3.22. The van der Waals surface area contributed by atoms with Gasteiger partial charge in [0.15, 0.2) is 0 Å². The number of carbonyl (C=O) groups is 1. The van der Waals surface area contributed by atoms with Crippen molar-refractivity contribution in [3.05, 3.63) is 30.1 Å². The zero-order valence-corrected chi connectivity index (χ0v) is 13.8. The Balaban J connectivity index is 1.64. The Hall–Kier alpha value is -1.88. The molecule has 0 aliphatic heterocycles. The third-order valence-corrected chi connectivity index (χ3v) is 4.67. The van der Waals surface area contributed by atoms with E-state index < -0.39 is 0 Å². The normalized spacial score (nSPS) is 15.3. The van der Waals surface area contributed by atoms with Crippen LogP contribution in [-0.4, -0.2) is 35.7 Å². The minimum atomic E-state index is 0.226. The van der Waals surface area contributed by atoms with E-state index in [9.17, 15) is 4.79 Å². The lowest BCUT2D eigenvalue weighted by Gasteiger charge is -2.09. The number of rotatable bonds is 7. The summed E-state index contributed by atoms with van der Waals surface area (Å²) < 4.78 is 7.30. The van der Waals surface area contributed by atoms with Crippen LogP contribution in [-0.2, 0) is 22.5 Å². The number of fused-ring (bicyclic) bond motifs is 1. The van der Waals surface area contributed by atoms with E-state index in [0.717, 1.165) is 31.5 Å². The topological polar surface area (TPSA) is 56.1 Å². The first-order valence-electron chi connectivity index (χ1n) is 8.49. The fourth-order valence-corrected chi connectivity index (χ4v) is 3.41. The zero-order chi connectivity index (χ0) is 16.1. The SMILES string of the molecule is COCCn1cc(CCNC(=O)C2CCCC2)c2cccnc21. The lowest BCUT2D eigenvalue weighted by atomic mass is 10.1. The molecule has 0 saturated heterocycles. The Kier molecular flexibility index (Phi) is 5.28. The summed E-state index contributed by atoms with van der Waals surface area (Å²) in [7, 11) is 1.71. The Bertz CT molecular complexity index is 659. The van der Waals surface area contributed by atoms with Crippen molar-refractivity contribution in [2.45, 2.75) is 38.6 Å². The molecule has 23 heavy (non-hydrogen) atoms. The van der Waals surface area contributed by atoms with Gasteiger partial charge in [0.2, 0.25) is 5.91 Å². The highest BCUT2D eigenvalue weighted by molar-refractivity contribution is 5.81. The largest absolute Gasteiger partial charge is 0.383 e. The van der Waals surface area contributed by atoms with Crippen LogP contribution < -0.4 is 5.32 Å². The maximum atomic E-state index is 12.1. The molecular formula is C18H25N3O2. The average molecular weight is 315 g/mol. The van der Waals surface area contributed by atoms with Crippen molar-refractivity contribution in [3.63, 3.8) is 0 Å². The van der Waals surface area contributed by atoms with Gasteiger partial charge in [-0.3, -0.25) is 4.79 Å². The standard InChI is InChI=1S/C18H25N3O2/c1-23-12-11-21-13-15(16-7-4-9-19-17(16)21)8-10-20-18(22)14-5-2-3-6-14/h4,7,9,13-14H,2-3,5-6,8,10-12H2,1H3,(H,20,22). The van der Waals surface area contributed by atoms with E-state index in [1.807, 2.05) is 12.3 Å². The van der Waals surface area contributed by atoms with E-state index in [-0.39, 0.29) is 11.8 Å². The van der Waals surface area contributed by atoms with Gasteiger partial charge in [-0.1, -0.05) is 12.8 Å². The molecule has 0 radical (unpaired) electrons. The van der Waals surface area contributed by atoms with Crippen molar-refractivity contribution >= 4 is 16.9 Å². The summed E-state index contributed by atoms with van der Waals surface area (Å²) in [6.45, 7) is 2.14. The van der Waals surface area contributed by atoms with Crippen molar-refractivity contribution in [2.75, 3.05) is 20.3 Å². The Labute approximate surface area is 137 Å². The van der Waals surface area contributed by atoms with Crippen LogP contribution in [0, 0.1) is 5.92 Å². The third kappa shape index (κ3) is 3.72. The Morgan fingerprint density at radius 2 is 2.26 bits per heavy atom. The number of aromatic nitrogens is 2. The van der Waals surface area contributed by atoms with Crippen LogP contribution in [0.25, 0.3) is 11.0 Å². The summed E-state index contributed by atoms with van der Waals surface area (Å²) in [5, 5.41) is 4.26. The second-order valence-corrected chi connectivity index (χ2v) is 6.24. The molecule has 5 heteroatoms. The lowest BCUT2D eigenvalue weighted by Crippen LogP contribution is -2.30. The lowest BCUT2D eigenvalue weighted by molar-refractivity contribution is -0.124. The molecule has 3 rings (SSSR count). The van der Waals surface area contributed by atoms with E-state index in [1.165, 1.54) is 23.8 Å². The summed E-state index contributed by atoms with van der Waals surface area (Å²) in [6, 6.07) is 4.06. The summed E-state index contributed by atoms with van der Waals surface area (Å²) in [4.78, 5) is 16.6. The van der Waals surface area contributed by atoms with Gasteiger partial charge in [0.1, 0.15) is 5.65 Å². The Morgan fingerprint density at radius 1 is 1.43 bits per heavy atom. The predicted molar refractivity (Wildman–Crippen MR) is 90.3 cm³/mol. The number of nitrogens with zero attached hydrogens (tertiary/aromatic N) is 2. The highest BCUT2D eigenvalue weighted by atomic mass is 16.5. The fourth-order valence-electron chi connectivity index (χ4n) is 3.41. The van der Waals surface area contributed by atoms with Gasteiger partial charge in [0, 0.05) is 43.9 Å². The summed E-state index contributed by atoms with van der Waals surface area (Å²) in [5.74, 6) is 0.462. The summed E-state index contributed by atoms with van der Waals surface area (Å²) in [5.41, 5.74) is 2.22. The van der Waals surface area contributed by atoms with Crippen molar-refractivity contribution in [3.8, 4) is 0 Å². The van der Waals surface area contributed by atoms with Gasteiger partial charge in [-0.25, -0.2) is 4.98 Å². The van der Waals surface area contributed by atoms with E-state index in [1.54, 1.807) is 7.11 Å². The van der Waals surface area contributed by atoms with Crippen molar-refractivity contribution in [1.82, 2.24) is 14.9 Å². The quantitative estimate of drug-likeness (QED) is 0.854. The van der Waals surface area contributed by atoms with Gasteiger partial charge in [0.05, 0.1) is 6.61 Å². The van der Waals surface area contributed by atoms with Crippen LogP contribution in [0.15, 0.2) is 24.5 Å². The van der Waals surface area contributed by atoms with Gasteiger partial charge in [-0.15, -0.1) is 0 Å². The molecule has 2 heterocycles. The first-order valence-corrected chi connectivity index (χ1v) is 8.49. The molecule has 124 valence electrons. The number of ether oxygens (including phenoxy) is 1. The zero-order valence-electron chi connectivity index (χ0n) is 13.8. The number of nitrogens with one attached hydrogen (secondary N) is 1. The highest BCUT2D eigenvalue weighted by Crippen LogP contribution is 2.24. The van der Waals surface area contributed by atoms with Crippen molar-refractivity contribution in [1.29, 1.82) is 0 Å². The van der Waals surface area contributed by atoms with Crippen molar-refractivity contribution < 1.29 is 9.53 Å². The molecule has 1 aliphatic carbocycles. The smallest absolute Gasteiger partial charge is 0.223 e. The summed E-state index contributed by atoms with van der Waals surface area (Å²) in [6.07, 6.45) is 9.27. The highest BCUT2D eigenvalue weighted by Gasteiger charge is 2.22. The van der Waals surface area contributed by atoms with Crippen LogP contribution in [0.1, 0.15) is 31.2 Å². The molecule has 0 spiro atoms. The molecule has 2 aromatic rings. The minimum absolute atomic E-state index is 0.226. The molecule has 0 unspecified atom stereocenters. The molecule has 0 atom stereocenters. The number of hydrogen-bond donors (Lipinski definition) is 1. The van der Waals surface area contributed by atoms with Gasteiger partial charge in [-0.05, 0) is 37.0 Å². The Morgan fingerprint density at radius 3 is 3.04 bits per heavy atom. The number of hydrogen-bond acceptors (Lipinski definition) is 3. The van der Waals surface area contributed by atoms with Crippen LogP contribution >= 0.6 is 0 Å². The monoisotopic (exact) mass is 315 g/mol. The molecule has 1 aliphatic rings. The van der Waals surface area contributed by atoms with Crippen LogP contribution in [0.4, 0.5) is 0 Å². The molecule has 1 N–H and O–H groups in total. The molecular weight excluding hydrogens is 290 g/mol. The second kappa shape index (κ2) is 7.59. The first-order chi connectivity index (χ1) is 11.3. The van der Waals surface area contributed by atoms with Gasteiger partial charge >= 0.3 is 0 Å². The third-order valence-electron chi connectivity index (χ3n) is 4.67. The minimum Gasteiger partial charge on any atom is -0.383 e. The van der Waals surface area contributed by atoms with Crippen LogP contribution in [0.3, 0.4) is 0 Å². The number of pyridine rings is 1. The van der Waals surface area contributed by atoms with Gasteiger partial charge in [-0.2, -0.15) is 0 Å². The molecule has 1 amide bonds. The molecule has 5 nitrogen and oxygen atoms in total. The number of amides is 1. The molecule has 2 aromatic heterocycles. The fraction of sp³-hybridized carbons (Fsp3) is 0.556. The molecule has 0 aromatic carbocycles. The van der Waals surface area contributed by atoms with E-state index in [2.05, 4.69) is 27.1 Å². The first kappa shape index (κ1) is 16.0. The van der Waals surface area contributed by atoms with E-state index in [4.69, 9.17) is 4.74 Å². The number of methoxy groups -OCH3 is 1. The molecule has 0 bridgehead atoms. The second-order valence-electron chi connectivity index (χ2n) is 6.24. The molecule has 1 fully saturated rings. The van der Waals surface area contributed by atoms with E-state index in [0.29, 0.717) is 13.2 Å². The number of carbonyl (C=O) groups excluding carboxylic acids is 1. The maximum absolute atomic E-state index is 12.1. The van der Waals surface area contributed by atoms with E-state index >= 15 is 0 Å². The van der Waals surface area contributed by atoms with Gasteiger partial charge in [0.25, 0.3) is 0 Å². The summed E-state index contributed by atoms with van der Waals surface area (Å²) >= 11 is 0. The van der Waals surface area contributed by atoms with Gasteiger partial charge < -0.3 is 14.6 Å². The van der Waals surface area contributed by atoms with Crippen LogP contribution in [0.5, 0.6) is 0 Å². The maximum Gasteiger partial charge on any atom is 0.223 e. The van der Waals surface area contributed by atoms with Crippen LogP contribution in [0.2, 0.25) is 0 Å². The predicted octanol–water partition coefficient (Wildman–Crippen LogP) is 2.53. The van der Waals surface area contributed by atoms with Crippen molar-refractivity contribution in [2.24, 2.45) is 5.92 Å².